The van der Waals surface area contributed by atoms with E-state index >= 15 is 0 Å². The zero-order valence-electron chi connectivity index (χ0n) is 20.6. The average molecular weight is 524 g/mol. The maximum atomic E-state index is 14.9. The van der Waals surface area contributed by atoms with Gasteiger partial charge in [0.05, 0.1) is 11.9 Å². The van der Waals surface area contributed by atoms with E-state index in [1.54, 1.807) is 0 Å². The number of piperidine rings is 1. The van der Waals surface area contributed by atoms with E-state index in [4.69, 9.17) is 25.8 Å². The fourth-order valence-corrected chi connectivity index (χ4v) is 7.18. The maximum absolute atomic E-state index is 14.9. The van der Waals surface area contributed by atoms with E-state index in [9.17, 15) is 8.78 Å². The molecule has 0 radical (unpaired) electrons. The first-order valence-corrected chi connectivity index (χ1v) is 13.4. The molecule has 4 aliphatic heterocycles. The quantitative estimate of drug-likeness (QED) is 0.564. The number of aromatic nitrogens is 3. The largest absolute Gasteiger partial charge is 0.348 e. The van der Waals surface area contributed by atoms with Gasteiger partial charge in [0.15, 0.2) is 12.0 Å². The van der Waals surface area contributed by atoms with Crippen LogP contribution in [0.25, 0.3) is 11.0 Å². The van der Waals surface area contributed by atoms with Crippen molar-refractivity contribution < 1.29 is 23.0 Å². The minimum Gasteiger partial charge on any atom is -0.348 e. The molecule has 36 heavy (non-hydrogen) atoms. The normalized spacial score (nSPS) is 35.7. The number of nitrogens with zero attached hydrogens (tertiary/aromatic N) is 5. The van der Waals surface area contributed by atoms with Crippen molar-refractivity contribution in [1.29, 1.82) is 0 Å². The second kappa shape index (κ2) is 8.04. The zero-order valence-corrected chi connectivity index (χ0v) is 21.3. The predicted molar refractivity (Wildman–Crippen MR) is 128 cm³/mol. The lowest BCUT2D eigenvalue weighted by Gasteiger charge is -2.45. The number of rotatable bonds is 4. The molecule has 6 heterocycles. The number of halogens is 3. The van der Waals surface area contributed by atoms with Crippen LogP contribution in [0.2, 0.25) is 5.15 Å². The second-order valence-corrected chi connectivity index (χ2v) is 12.0. The smallest absolute Gasteiger partial charge is 0.262 e. The van der Waals surface area contributed by atoms with E-state index in [1.807, 2.05) is 35.6 Å². The van der Waals surface area contributed by atoms with E-state index in [-0.39, 0.29) is 19.1 Å². The van der Waals surface area contributed by atoms with Gasteiger partial charge in [0, 0.05) is 43.8 Å². The maximum Gasteiger partial charge on any atom is 0.262 e. The third-order valence-corrected chi connectivity index (χ3v) is 9.03. The summed E-state index contributed by atoms with van der Waals surface area (Å²) in [6, 6.07) is 2.52. The second-order valence-electron chi connectivity index (χ2n) is 11.7. The van der Waals surface area contributed by atoms with Crippen LogP contribution in [0.3, 0.4) is 0 Å². The molecule has 5 aliphatic rings. The molecule has 1 aliphatic carbocycles. The fourth-order valence-electron chi connectivity index (χ4n) is 6.98. The van der Waals surface area contributed by atoms with Crippen molar-refractivity contribution in [2.75, 3.05) is 26.2 Å². The Labute approximate surface area is 213 Å². The Balaban J connectivity index is 1.17. The molecule has 4 atom stereocenters. The summed E-state index contributed by atoms with van der Waals surface area (Å²) in [6.45, 7) is 5.68. The first-order valence-electron chi connectivity index (χ1n) is 13.0. The van der Waals surface area contributed by atoms with Crippen molar-refractivity contribution in [3.63, 3.8) is 0 Å². The van der Waals surface area contributed by atoms with Crippen LogP contribution in [-0.2, 0) is 14.2 Å². The molecule has 0 N–H and O–H groups in total. The Morgan fingerprint density at radius 2 is 1.86 bits per heavy atom. The van der Waals surface area contributed by atoms with Crippen molar-refractivity contribution in [2.24, 2.45) is 0 Å². The monoisotopic (exact) mass is 523 g/mol. The van der Waals surface area contributed by atoms with E-state index in [2.05, 4.69) is 14.9 Å². The molecule has 0 unspecified atom stereocenters. The van der Waals surface area contributed by atoms with Crippen LogP contribution in [0, 0.1) is 0 Å². The Bertz CT molecular complexity index is 1170. The topological polar surface area (TPSA) is 64.9 Å². The highest BCUT2D eigenvalue weighted by molar-refractivity contribution is 6.33. The first-order chi connectivity index (χ1) is 17.1. The lowest BCUT2D eigenvalue weighted by Crippen LogP contribution is -2.55. The number of alkyl halides is 2. The van der Waals surface area contributed by atoms with Crippen molar-refractivity contribution in [3.05, 3.63) is 23.7 Å². The Morgan fingerprint density at radius 3 is 2.61 bits per heavy atom. The fraction of sp³-hybridized carbons (Fsp3) is 0.760. The number of hydrogen-bond acceptors (Lipinski definition) is 7. The molecule has 1 saturated carbocycles. The van der Waals surface area contributed by atoms with Gasteiger partial charge in [-0.15, -0.1) is 0 Å². The number of likely N-dealkylation sites (tertiary alicyclic amines) is 2. The molecule has 8 nitrogen and oxygen atoms in total. The lowest BCUT2D eigenvalue weighted by atomic mass is 9.84. The average Bonchev–Trinajstić information content (AvgIpc) is 3.29. The number of ether oxygens (including phenoxy) is 3. The standard InChI is InChI=1S/C25H32ClF2N5O3/c1-23(2)35-18-17(34-22(19(18)36-23)33-8-5-16-20(26)29-14-30-21(16)33)11-32-13-25(27,28)12-24(32)6-9-31(10-7-24)15-3-4-15/h5,8,14-15,17-19,22H,3-4,6-7,9-13H2,1-2H3/t17-,18-,19-,22-/m1/s1. The van der Waals surface area contributed by atoms with Crippen LogP contribution < -0.4 is 0 Å². The molecular weight excluding hydrogens is 492 g/mol. The predicted octanol–water partition coefficient (Wildman–Crippen LogP) is 3.84. The van der Waals surface area contributed by atoms with Crippen LogP contribution in [0.1, 0.15) is 52.2 Å². The van der Waals surface area contributed by atoms with Crippen LogP contribution in [0.5, 0.6) is 0 Å². The molecule has 2 aromatic heterocycles. The third kappa shape index (κ3) is 3.87. The van der Waals surface area contributed by atoms with Gasteiger partial charge in [0.2, 0.25) is 0 Å². The summed E-state index contributed by atoms with van der Waals surface area (Å²) in [5.41, 5.74) is 0.145. The number of hydrogen-bond donors (Lipinski definition) is 0. The van der Waals surface area contributed by atoms with Gasteiger partial charge >= 0.3 is 0 Å². The van der Waals surface area contributed by atoms with Gasteiger partial charge in [-0.25, -0.2) is 18.7 Å². The van der Waals surface area contributed by atoms with Crippen LogP contribution in [0.4, 0.5) is 8.78 Å². The van der Waals surface area contributed by atoms with Gasteiger partial charge in [-0.05, 0) is 45.6 Å². The van der Waals surface area contributed by atoms with Gasteiger partial charge in [0.1, 0.15) is 35.4 Å². The lowest BCUT2D eigenvalue weighted by molar-refractivity contribution is -0.199. The Hall–Kier alpha value is -1.43. The van der Waals surface area contributed by atoms with Gasteiger partial charge < -0.3 is 23.7 Å². The summed E-state index contributed by atoms with van der Waals surface area (Å²) in [7, 11) is 0. The molecule has 11 heteroatoms. The first kappa shape index (κ1) is 23.7. The summed E-state index contributed by atoms with van der Waals surface area (Å²) < 4.78 is 50.8. The molecule has 0 bridgehead atoms. The number of fused-ring (bicyclic) bond motifs is 2. The van der Waals surface area contributed by atoms with E-state index < -0.39 is 35.7 Å². The molecule has 7 rings (SSSR count). The highest BCUT2D eigenvalue weighted by Gasteiger charge is 2.60. The van der Waals surface area contributed by atoms with Crippen LogP contribution >= 0.6 is 11.6 Å². The minimum absolute atomic E-state index is 0.0801. The Kier molecular flexibility index (Phi) is 5.28. The van der Waals surface area contributed by atoms with Crippen molar-refractivity contribution in [2.45, 2.75) is 93.8 Å². The van der Waals surface area contributed by atoms with E-state index in [0.717, 1.165) is 31.3 Å². The molecular formula is C25H32ClF2N5O3. The zero-order chi connectivity index (χ0) is 24.9. The van der Waals surface area contributed by atoms with Crippen LogP contribution in [0.15, 0.2) is 18.6 Å². The summed E-state index contributed by atoms with van der Waals surface area (Å²) in [4.78, 5) is 13.0. The highest BCUT2D eigenvalue weighted by Crippen LogP contribution is 2.49. The molecule has 2 aromatic rings. The highest BCUT2D eigenvalue weighted by atomic mass is 35.5. The van der Waals surface area contributed by atoms with Gasteiger partial charge in [0.25, 0.3) is 5.92 Å². The summed E-state index contributed by atoms with van der Waals surface area (Å²) in [5.74, 6) is -3.50. The van der Waals surface area contributed by atoms with Crippen molar-refractivity contribution in [3.8, 4) is 0 Å². The van der Waals surface area contributed by atoms with Crippen LogP contribution in [-0.4, -0.2) is 92.1 Å². The molecule has 5 fully saturated rings. The molecule has 196 valence electrons. The summed E-state index contributed by atoms with van der Waals surface area (Å²) in [5, 5.41) is 1.09. The SMILES string of the molecule is CC1(C)O[C@@H]2[C@H](O1)[C@@H](CN1CC(F)(F)CC13CCN(C1CC1)CC3)O[C@H]2n1ccc2c(Cl)ncnc21. The Morgan fingerprint density at radius 1 is 1.11 bits per heavy atom. The molecule has 0 aromatic carbocycles. The van der Waals surface area contributed by atoms with Crippen molar-refractivity contribution in [1.82, 2.24) is 24.3 Å². The summed E-state index contributed by atoms with van der Waals surface area (Å²) in [6.07, 6.45) is 5.52. The van der Waals surface area contributed by atoms with Gasteiger partial charge in [-0.3, -0.25) is 4.90 Å². The molecule has 0 amide bonds. The van der Waals surface area contributed by atoms with Crippen molar-refractivity contribution >= 4 is 22.6 Å². The van der Waals surface area contributed by atoms with Gasteiger partial charge in [-0.2, -0.15) is 0 Å². The van der Waals surface area contributed by atoms with Gasteiger partial charge in [-0.1, -0.05) is 11.6 Å². The van der Waals surface area contributed by atoms with E-state index in [1.165, 1.54) is 19.2 Å². The van der Waals surface area contributed by atoms with E-state index in [0.29, 0.717) is 23.4 Å². The molecule has 1 spiro atoms. The molecule has 4 saturated heterocycles. The minimum atomic E-state index is -2.70. The summed E-state index contributed by atoms with van der Waals surface area (Å²) >= 11 is 6.28. The third-order valence-electron chi connectivity index (χ3n) is 8.73.